The smallest absolute Gasteiger partial charge is 0.240 e. The normalized spacial score (nSPS) is 11.5. The number of nitrogens with zero attached hydrogens (tertiary/aromatic N) is 2. The van der Waals surface area contributed by atoms with E-state index in [-0.39, 0.29) is 0 Å². The second kappa shape index (κ2) is 8.54. The van der Waals surface area contributed by atoms with Gasteiger partial charge in [0.05, 0.1) is 19.8 Å². The number of aromatic nitrogens is 2. The lowest BCUT2D eigenvalue weighted by molar-refractivity contribution is -0.671. The minimum absolute atomic E-state index is 1.04. The molecule has 2 nitrogen and oxygen atoms in total. The number of benzene rings is 3. The number of imidazole rings is 1. The van der Waals surface area contributed by atoms with E-state index in [1.807, 2.05) is 0 Å². The molecule has 3 aromatic carbocycles. The molecule has 1 heterocycles. The van der Waals surface area contributed by atoms with Crippen molar-refractivity contribution in [2.24, 2.45) is 7.05 Å². The van der Waals surface area contributed by atoms with Crippen LogP contribution in [-0.4, -0.2) is 10.7 Å². The molecular formula is C25H27N2P+2. The van der Waals surface area contributed by atoms with Crippen LogP contribution in [-0.2, 0) is 13.6 Å². The number of hydrogen-bond donors (Lipinski definition) is 0. The van der Waals surface area contributed by atoms with E-state index in [1.165, 1.54) is 15.9 Å². The van der Waals surface area contributed by atoms with Gasteiger partial charge in [-0.15, -0.1) is 0 Å². The molecule has 0 aliphatic heterocycles. The second-order valence-corrected chi connectivity index (χ2v) is 10.8. The van der Waals surface area contributed by atoms with Crippen molar-refractivity contribution in [2.45, 2.75) is 13.0 Å². The largest absolute Gasteiger partial charge is 0.243 e. The SMILES string of the molecule is C[n+]1ccn(CCC[P+](c2ccccc2)(c2ccccc2)c2ccccc2)c1. The molecule has 0 saturated carbocycles. The van der Waals surface area contributed by atoms with Crippen LogP contribution in [0.15, 0.2) is 110 Å². The summed E-state index contributed by atoms with van der Waals surface area (Å²) in [5.41, 5.74) is 0. The van der Waals surface area contributed by atoms with Crippen LogP contribution in [0.3, 0.4) is 0 Å². The molecule has 3 heteroatoms. The predicted molar refractivity (Wildman–Crippen MR) is 120 cm³/mol. The molecular weight excluding hydrogens is 359 g/mol. The van der Waals surface area contributed by atoms with Gasteiger partial charge in [-0.3, -0.25) is 0 Å². The van der Waals surface area contributed by atoms with Crippen molar-refractivity contribution in [1.29, 1.82) is 0 Å². The predicted octanol–water partition coefficient (Wildman–Crippen LogP) is 3.70. The Labute approximate surface area is 168 Å². The quantitative estimate of drug-likeness (QED) is 0.338. The van der Waals surface area contributed by atoms with Crippen molar-refractivity contribution in [1.82, 2.24) is 4.57 Å². The first-order valence-electron chi connectivity index (χ1n) is 9.85. The number of rotatable bonds is 7. The molecule has 140 valence electrons. The van der Waals surface area contributed by atoms with E-state index in [1.54, 1.807) is 0 Å². The third-order valence-electron chi connectivity index (χ3n) is 5.32. The zero-order valence-corrected chi connectivity index (χ0v) is 17.2. The summed E-state index contributed by atoms with van der Waals surface area (Å²) in [5.74, 6) is 0. The summed E-state index contributed by atoms with van der Waals surface area (Å²) in [6.07, 6.45) is 8.73. The molecule has 0 unspecified atom stereocenters. The maximum absolute atomic E-state index is 2.32. The topological polar surface area (TPSA) is 8.81 Å². The molecule has 0 aliphatic rings. The van der Waals surface area contributed by atoms with Crippen molar-refractivity contribution < 1.29 is 4.57 Å². The van der Waals surface area contributed by atoms with Crippen molar-refractivity contribution in [3.63, 3.8) is 0 Å². The summed E-state index contributed by atoms with van der Waals surface area (Å²) in [6, 6.07) is 33.4. The average Bonchev–Trinajstić information content (AvgIpc) is 3.18. The van der Waals surface area contributed by atoms with E-state index in [0.29, 0.717) is 0 Å². The summed E-state index contributed by atoms with van der Waals surface area (Å²) in [4.78, 5) is 0. The highest BCUT2D eigenvalue weighted by molar-refractivity contribution is 7.95. The molecule has 0 atom stereocenters. The molecule has 0 bridgehead atoms. The Balaban J connectivity index is 1.78. The van der Waals surface area contributed by atoms with Crippen LogP contribution >= 0.6 is 7.26 Å². The third-order valence-corrected chi connectivity index (χ3v) is 9.85. The molecule has 0 spiro atoms. The summed E-state index contributed by atoms with van der Waals surface area (Å²) in [5, 5.41) is 4.39. The molecule has 4 rings (SSSR count). The highest BCUT2D eigenvalue weighted by Crippen LogP contribution is 2.55. The van der Waals surface area contributed by atoms with Crippen molar-refractivity contribution in [2.75, 3.05) is 6.16 Å². The van der Waals surface area contributed by atoms with Gasteiger partial charge in [0.1, 0.15) is 35.6 Å². The fourth-order valence-corrected chi connectivity index (χ4v) is 8.33. The second-order valence-electron chi connectivity index (χ2n) is 7.21. The molecule has 0 N–H and O–H groups in total. The van der Waals surface area contributed by atoms with Crippen LogP contribution < -0.4 is 20.5 Å². The van der Waals surface area contributed by atoms with E-state index in [2.05, 4.69) is 126 Å². The van der Waals surface area contributed by atoms with Crippen LogP contribution in [0.2, 0.25) is 0 Å². The highest BCUT2D eigenvalue weighted by atomic mass is 31.2. The highest BCUT2D eigenvalue weighted by Gasteiger charge is 2.44. The van der Waals surface area contributed by atoms with Gasteiger partial charge >= 0.3 is 0 Å². The average molecular weight is 386 g/mol. The van der Waals surface area contributed by atoms with Crippen LogP contribution in [0, 0.1) is 0 Å². The summed E-state index contributed by atoms with van der Waals surface area (Å²) in [6.45, 7) is 1.04. The van der Waals surface area contributed by atoms with Gasteiger partial charge in [-0.25, -0.2) is 9.13 Å². The monoisotopic (exact) mass is 386 g/mol. The van der Waals surface area contributed by atoms with Gasteiger partial charge in [0.15, 0.2) is 0 Å². The maximum atomic E-state index is 2.32. The first-order chi connectivity index (χ1) is 13.8. The molecule has 28 heavy (non-hydrogen) atoms. The van der Waals surface area contributed by atoms with Gasteiger partial charge in [0, 0.05) is 6.42 Å². The third kappa shape index (κ3) is 3.79. The molecule has 0 radical (unpaired) electrons. The van der Waals surface area contributed by atoms with Crippen LogP contribution in [0.25, 0.3) is 0 Å². The Morgan fingerprint density at radius 1 is 0.714 bits per heavy atom. The lowest BCUT2D eigenvalue weighted by Crippen LogP contribution is -2.33. The molecule has 0 aliphatic carbocycles. The fourth-order valence-electron chi connectivity index (χ4n) is 4.01. The van der Waals surface area contributed by atoms with Gasteiger partial charge < -0.3 is 0 Å². The van der Waals surface area contributed by atoms with Crippen LogP contribution in [0.1, 0.15) is 6.42 Å². The molecule has 0 amide bonds. The summed E-state index contributed by atoms with van der Waals surface area (Å²) in [7, 11) is 0.372. The zero-order chi connectivity index (χ0) is 19.2. The Hall–Kier alpha value is -2.70. The lowest BCUT2D eigenvalue weighted by Gasteiger charge is -2.27. The van der Waals surface area contributed by atoms with E-state index in [0.717, 1.165) is 19.1 Å². The van der Waals surface area contributed by atoms with Gasteiger partial charge in [0.2, 0.25) is 6.33 Å². The number of aryl methyl sites for hydroxylation is 2. The zero-order valence-electron chi connectivity index (χ0n) is 16.4. The standard InChI is InChI=1S/C25H27N2P/c1-26-19-20-27(22-26)18-11-21-28(23-12-5-2-6-13-23,24-14-7-3-8-15-24)25-16-9-4-10-17-25/h2-10,12-17,19-20,22H,11,18,21H2,1H3/q+2. The van der Waals surface area contributed by atoms with Crippen LogP contribution in [0.4, 0.5) is 0 Å². The molecule has 0 saturated heterocycles. The first-order valence-corrected chi connectivity index (χ1v) is 11.8. The van der Waals surface area contributed by atoms with Gasteiger partial charge in [-0.2, -0.15) is 0 Å². The van der Waals surface area contributed by atoms with Gasteiger partial charge in [0.25, 0.3) is 0 Å². The summed E-state index contributed by atoms with van der Waals surface area (Å²) >= 11 is 0. The van der Waals surface area contributed by atoms with Crippen molar-refractivity contribution in [3.05, 3.63) is 110 Å². The van der Waals surface area contributed by atoms with E-state index >= 15 is 0 Å². The fraction of sp³-hybridized carbons (Fsp3) is 0.160. The lowest BCUT2D eigenvalue weighted by atomic mass is 10.3. The number of hydrogen-bond acceptors (Lipinski definition) is 0. The Bertz CT molecular complexity index is 898. The van der Waals surface area contributed by atoms with E-state index < -0.39 is 7.26 Å². The first kappa shape index (κ1) is 18.7. The van der Waals surface area contributed by atoms with Crippen molar-refractivity contribution in [3.8, 4) is 0 Å². The van der Waals surface area contributed by atoms with E-state index in [4.69, 9.17) is 0 Å². The minimum atomic E-state index is -1.70. The van der Waals surface area contributed by atoms with E-state index in [9.17, 15) is 0 Å². The van der Waals surface area contributed by atoms with Gasteiger partial charge in [-0.1, -0.05) is 54.6 Å². The molecule has 4 aromatic rings. The van der Waals surface area contributed by atoms with Gasteiger partial charge in [-0.05, 0) is 36.4 Å². The Kier molecular flexibility index (Phi) is 5.69. The molecule has 0 fully saturated rings. The summed E-state index contributed by atoms with van der Waals surface area (Å²) < 4.78 is 4.39. The maximum Gasteiger partial charge on any atom is 0.243 e. The molecule has 1 aromatic heterocycles. The van der Waals surface area contributed by atoms with Crippen LogP contribution in [0.5, 0.6) is 0 Å². The Morgan fingerprint density at radius 2 is 1.18 bits per heavy atom. The Morgan fingerprint density at radius 3 is 1.57 bits per heavy atom. The van der Waals surface area contributed by atoms with Crippen molar-refractivity contribution >= 4 is 23.2 Å². The minimum Gasteiger partial charge on any atom is -0.240 e.